The summed E-state index contributed by atoms with van der Waals surface area (Å²) in [5, 5.41) is 4.35. The number of hydrogen-bond donors (Lipinski definition) is 1. The van der Waals surface area contributed by atoms with Gasteiger partial charge in [-0.05, 0) is 71.2 Å². The first-order chi connectivity index (χ1) is 9.02. The van der Waals surface area contributed by atoms with Crippen molar-refractivity contribution in [2.45, 2.75) is 26.8 Å². The fourth-order valence-corrected chi connectivity index (χ4v) is 4.19. The van der Waals surface area contributed by atoms with Crippen LogP contribution >= 0.6 is 38.9 Å². The lowest BCUT2D eigenvalue weighted by atomic mass is 9.95. The van der Waals surface area contributed by atoms with Gasteiger partial charge in [-0.2, -0.15) is 0 Å². The van der Waals surface area contributed by atoms with Gasteiger partial charge in [0.15, 0.2) is 0 Å². The molecule has 0 bridgehead atoms. The van der Waals surface area contributed by atoms with Crippen molar-refractivity contribution in [3.8, 4) is 0 Å². The van der Waals surface area contributed by atoms with Gasteiger partial charge >= 0.3 is 0 Å². The Morgan fingerprint density at radius 2 is 2.00 bits per heavy atom. The molecule has 1 N–H and O–H groups in total. The average molecular weight is 359 g/mol. The second kappa shape index (κ2) is 6.40. The lowest BCUT2D eigenvalue weighted by Gasteiger charge is -2.21. The highest BCUT2D eigenvalue weighted by Crippen LogP contribution is 2.35. The Kier molecular flexibility index (Phi) is 5.07. The molecule has 0 fully saturated rings. The Hall–Kier alpha value is -0.350. The SMILES string of the molecule is CCNC(c1cc(Cl)ccc1C)c1cc(Br)sc1C. The molecule has 0 radical (unpaired) electrons. The van der Waals surface area contributed by atoms with Crippen molar-refractivity contribution in [1.29, 1.82) is 0 Å². The summed E-state index contributed by atoms with van der Waals surface area (Å²) in [6, 6.07) is 8.49. The molecule has 1 atom stereocenters. The zero-order valence-corrected chi connectivity index (χ0v) is 14.4. The molecule has 2 rings (SSSR count). The van der Waals surface area contributed by atoms with Crippen LogP contribution in [0.5, 0.6) is 0 Å². The van der Waals surface area contributed by atoms with E-state index in [1.165, 1.54) is 25.4 Å². The van der Waals surface area contributed by atoms with Gasteiger partial charge in [0, 0.05) is 9.90 Å². The van der Waals surface area contributed by atoms with Crippen molar-refractivity contribution >= 4 is 38.9 Å². The summed E-state index contributed by atoms with van der Waals surface area (Å²) in [4.78, 5) is 1.33. The van der Waals surface area contributed by atoms with E-state index < -0.39 is 0 Å². The number of benzene rings is 1. The highest BCUT2D eigenvalue weighted by atomic mass is 79.9. The van der Waals surface area contributed by atoms with E-state index in [9.17, 15) is 0 Å². The van der Waals surface area contributed by atoms with Crippen LogP contribution in [0.15, 0.2) is 28.1 Å². The third-order valence-corrected chi connectivity index (χ3v) is 5.00. The van der Waals surface area contributed by atoms with Crippen LogP contribution in [0.25, 0.3) is 0 Å². The number of nitrogens with one attached hydrogen (secondary N) is 1. The predicted octanol–water partition coefficient (Wildman–Crippen LogP) is 5.48. The van der Waals surface area contributed by atoms with Crippen LogP contribution in [0.3, 0.4) is 0 Å². The molecule has 0 saturated carbocycles. The van der Waals surface area contributed by atoms with Gasteiger partial charge in [-0.25, -0.2) is 0 Å². The molecule has 1 unspecified atom stereocenters. The summed E-state index contributed by atoms with van der Waals surface area (Å²) in [6.07, 6.45) is 0. The Labute approximate surface area is 132 Å². The second-order valence-electron chi connectivity index (χ2n) is 4.55. The molecule has 0 spiro atoms. The molecule has 1 aromatic carbocycles. The Morgan fingerprint density at radius 1 is 1.26 bits per heavy atom. The minimum atomic E-state index is 0.200. The van der Waals surface area contributed by atoms with E-state index >= 15 is 0 Å². The maximum absolute atomic E-state index is 6.16. The van der Waals surface area contributed by atoms with Gasteiger partial charge < -0.3 is 5.32 Å². The summed E-state index contributed by atoms with van der Waals surface area (Å²) in [7, 11) is 0. The molecule has 1 aromatic heterocycles. The van der Waals surface area contributed by atoms with E-state index in [1.54, 1.807) is 11.3 Å². The first kappa shape index (κ1) is 15.0. The molecule has 0 aliphatic heterocycles. The van der Waals surface area contributed by atoms with Crippen LogP contribution in [0.4, 0.5) is 0 Å². The summed E-state index contributed by atoms with van der Waals surface area (Å²) < 4.78 is 1.17. The monoisotopic (exact) mass is 357 g/mol. The van der Waals surface area contributed by atoms with Crippen molar-refractivity contribution in [1.82, 2.24) is 5.32 Å². The fraction of sp³-hybridized carbons (Fsp3) is 0.333. The van der Waals surface area contributed by atoms with Crippen LogP contribution in [0, 0.1) is 13.8 Å². The van der Waals surface area contributed by atoms with E-state index in [4.69, 9.17) is 11.6 Å². The van der Waals surface area contributed by atoms with Crippen molar-refractivity contribution in [3.05, 3.63) is 54.6 Å². The van der Waals surface area contributed by atoms with Gasteiger partial charge in [0.2, 0.25) is 0 Å². The van der Waals surface area contributed by atoms with Gasteiger partial charge in [-0.1, -0.05) is 24.6 Å². The van der Waals surface area contributed by atoms with Gasteiger partial charge in [-0.3, -0.25) is 0 Å². The quantitative estimate of drug-likeness (QED) is 0.763. The third kappa shape index (κ3) is 3.40. The van der Waals surface area contributed by atoms with E-state index in [1.807, 2.05) is 6.07 Å². The molecule has 0 saturated heterocycles. The number of halogens is 2. The smallest absolute Gasteiger partial charge is 0.0704 e. The molecule has 0 amide bonds. The summed E-state index contributed by atoms with van der Waals surface area (Å²) >= 11 is 11.5. The van der Waals surface area contributed by atoms with Crippen LogP contribution < -0.4 is 5.32 Å². The third-order valence-electron chi connectivity index (χ3n) is 3.20. The lowest BCUT2D eigenvalue weighted by molar-refractivity contribution is 0.627. The zero-order chi connectivity index (χ0) is 14.0. The Morgan fingerprint density at radius 3 is 2.58 bits per heavy atom. The second-order valence-corrected chi connectivity index (χ2v) is 7.63. The molecule has 102 valence electrons. The molecule has 0 aliphatic rings. The van der Waals surface area contributed by atoms with Crippen LogP contribution in [0.1, 0.15) is 34.5 Å². The first-order valence-electron chi connectivity index (χ1n) is 6.28. The maximum Gasteiger partial charge on any atom is 0.0704 e. The molecule has 19 heavy (non-hydrogen) atoms. The number of hydrogen-bond acceptors (Lipinski definition) is 2. The molecular formula is C15H17BrClNS. The highest BCUT2D eigenvalue weighted by molar-refractivity contribution is 9.11. The summed E-state index contributed by atoms with van der Waals surface area (Å²) in [5.41, 5.74) is 3.84. The number of rotatable bonds is 4. The summed E-state index contributed by atoms with van der Waals surface area (Å²) in [6.45, 7) is 7.34. The van der Waals surface area contributed by atoms with Gasteiger partial charge in [0.1, 0.15) is 0 Å². The van der Waals surface area contributed by atoms with Crippen LogP contribution in [0.2, 0.25) is 5.02 Å². The normalized spacial score (nSPS) is 12.7. The van der Waals surface area contributed by atoms with Crippen LogP contribution in [-0.4, -0.2) is 6.54 Å². The molecule has 1 heterocycles. The Balaban J connectivity index is 2.51. The predicted molar refractivity (Wildman–Crippen MR) is 88.5 cm³/mol. The van der Waals surface area contributed by atoms with E-state index in [0.717, 1.165) is 11.6 Å². The van der Waals surface area contributed by atoms with Crippen LogP contribution in [-0.2, 0) is 0 Å². The van der Waals surface area contributed by atoms with Crippen molar-refractivity contribution in [3.63, 3.8) is 0 Å². The Bertz CT molecular complexity index is 580. The van der Waals surface area contributed by atoms with E-state index in [-0.39, 0.29) is 6.04 Å². The summed E-state index contributed by atoms with van der Waals surface area (Å²) in [5.74, 6) is 0. The molecule has 4 heteroatoms. The standard InChI is InChI=1S/C15H17BrClNS/c1-4-18-15(13-8-14(16)19-10(13)3)12-7-11(17)6-5-9(12)2/h5-8,15,18H,4H2,1-3H3. The van der Waals surface area contributed by atoms with E-state index in [2.05, 4.69) is 60.2 Å². The van der Waals surface area contributed by atoms with E-state index in [0.29, 0.717) is 0 Å². The lowest BCUT2D eigenvalue weighted by Crippen LogP contribution is -2.23. The highest BCUT2D eigenvalue weighted by Gasteiger charge is 2.19. The topological polar surface area (TPSA) is 12.0 Å². The maximum atomic E-state index is 6.16. The average Bonchev–Trinajstić information content (AvgIpc) is 2.69. The van der Waals surface area contributed by atoms with Crippen molar-refractivity contribution < 1.29 is 0 Å². The van der Waals surface area contributed by atoms with Crippen molar-refractivity contribution in [2.75, 3.05) is 6.54 Å². The molecule has 2 aromatic rings. The first-order valence-corrected chi connectivity index (χ1v) is 8.27. The van der Waals surface area contributed by atoms with Crippen molar-refractivity contribution in [2.24, 2.45) is 0 Å². The minimum absolute atomic E-state index is 0.200. The largest absolute Gasteiger partial charge is 0.306 e. The zero-order valence-electron chi connectivity index (χ0n) is 11.3. The fourth-order valence-electron chi connectivity index (χ4n) is 2.26. The van der Waals surface area contributed by atoms with Gasteiger partial charge in [0.25, 0.3) is 0 Å². The number of aryl methyl sites for hydroxylation is 2. The minimum Gasteiger partial charge on any atom is -0.306 e. The molecular weight excluding hydrogens is 342 g/mol. The molecule has 0 aliphatic carbocycles. The number of thiophene rings is 1. The molecule has 1 nitrogen and oxygen atoms in total. The van der Waals surface area contributed by atoms with Gasteiger partial charge in [0.05, 0.1) is 9.83 Å². The van der Waals surface area contributed by atoms with Gasteiger partial charge in [-0.15, -0.1) is 11.3 Å².